The van der Waals surface area contributed by atoms with E-state index in [1.54, 1.807) is 43.5 Å². The molecular formula is C23H20N2O5. The van der Waals surface area contributed by atoms with Crippen LogP contribution in [-0.2, 0) is 16.1 Å². The van der Waals surface area contributed by atoms with Gasteiger partial charge in [-0.05, 0) is 42.0 Å². The molecule has 1 aliphatic heterocycles. The molecule has 0 spiro atoms. The molecule has 1 saturated heterocycles. The summed E-state index contributed by atoms with van der Waals surface area (Å²) in [6.07, 6.45) is 1.31. The van der Waals surface area contributed by atoms with Gasteiger partial charge in [0, 0.05) is 6.54 Å². The number of amides is 3. The summed E-state index contributed by atoms with van der Waals surface area (Å²) in [6, 6.07) is 18.2. The van der Waals surface area contributed by atoms with E-state index >= 15 is 0 Å². The Balaban J connectivity index is 1.65. The maximum atomic E-state index is 13.2. The fraction of sp³-hybridized carbons (Fsp3) is 0.174. The number of carbonyl (C=O) groups is 3. The summed E-state index contributed by atoms with van der Waals surface area (Å²) in [5, 5.41) is 0. The van der Waals surface area contributed by atoms with Crippen LogP contribution in [0.1, 0.15) is 22.5 Å². The largest absolute Gasteiger partial charge is 0.497 e. The van der Waals surface area contributed by atoms with E-state index in [0.717, 1.165) is 10.5 Å². The molecule has 30 heavy (non-hydrogen) atoms. The van der Waals surface area contributed by atoms with Gasteiger partial charge in [0.05, 0.1) is 25.5 Å². The van der Waals surface area contributed by atoms with Crippen LogP contribution in [0.2, 0.25) is 0 Å². The molecular weight excluding hydrogens is 384 g/mol. The maximum Gasteiger partial charge on any atom is 0.290 e. The smallest absolute Gasteiger partial charge is 0.290 e. The van der Waals surface area contributed by atoms with E-state index in [9.17, 15) is 14.4 Å². The lowest BCUT2D eigenvalue weighted by molar-refractivity contribution is -0.122. The lowest BCUT2D eigenvalue weighted by Gasteiger charge is -2.27. The number of carbonyl (C=O) groups excluding carboxylic acids is 3. The van der Waals surface area contributed by atoms with Gasteiger partial charge < -0.3 is 14.1 Å². The zero-order valence-corrected chi connectivity index (χ0v) is 16.4. The van der Waals surface area contributed by atoms with Gasteiger partial charge in [-0.15, -0.1) is 0 Å². The van der Waals surface area contributed by atoms with Crippen molar-refractivity contribution in [3.05, 3.63) is 84.3 Å². The van der Waals surface area contributed by atoms with Crippen molar-refractivity contribution in [2.45, 2.75) is 19.0 Å². The Morgan fingerprint density at radius 2 is 1.80 bits per heavy atom. The predicted molar refractivity (Wildman–Crippen MR) is 109 cm³/mol. The number of rotatable bonds is 6. The van der Waals surface area contributed by atoms with Gasteiger partial charge in [-0.25, -0.2) is 4.90 Å². The number of furan rings is 1. The standard InChI is InChI=1S/C23H20N2O5/c1-29-18-11-9-17(10-12-18)25-21(26)14-19(22(25)27)24(15-16-6-3-2-4-7-16)23(28)20-8-5-13-30-20/h2-13,19H,14-15H2,1H3. The molecule has 152 valence electrons. The van der Waals surface area contributed by atoms with Crippen molar-refractivity contribution < 1.29 is 23.5 Å². The van der Waals surface area contributed by atoms with E-state index in [0.29, 0.717) is 11.4 Å². The molecule has 7 heteroatoms. The second kappa shape index (κ2) is 8.24. The van der Waals surface area contributed by atoms with E-state index in [2.05, 4.69) is 0 Å². The van der Waals surface area contributed by atoms with Crippen molar-refractivity contribution in [1.29, 1.82) is 0 Å². The van der Waals surface area contributed by atoms with Gasteiger partial charge >= 0.3 is 0 Å². The van der Waals surface area contributed by atoms with Gasteiger partial charge in [-0.1, -0.05) is 30.3 Å². The zero-order valence-electron chi connectivity index (χ0n) is 16.4. The van der Waals surface area contributed by atoms with Gasteiger partial charge in [0.2, 0.25) is 5.91 Å². The summed E-state index contributed by atoms with van der Waals surface area (Å²) in [6.45, 7) is 0.181. The van der Waals surface area contributed by atoms with Gasteiger partial charge in [0.25, 0.3) is 11.8 Å². The average Bonchev–Trinajstić information content (AvgIpc) is 3.41. The number of ether oxygens (including phenoxy) is 1. The Morgan fingerprint density at radius 3 is 2.43 bits per heavy atom. The quantitative estimate of drug-likeness (QED) is 0.589. The number of benzene rings is 2. The molecule has 0 aliphatic carbocycles. The summed E-state index contributed by atoms with van der Waals surface area (Å²) < 4.78 is 10.4. The van der Waals surface area contributed by atoms with Crippen molar-refractivity contribution in [3.8, 4) is 5.75 Å². The average molecular weight is 404 g/mol. The Hall–Kier alpha value is -3.87. The SMILES string of the molecule is COc1ccc(N2C(=O)CC(N(Cc3ccccc3)C(=O)c3ccco3)C2=O)cc1. The van der Waals surface area contributed by atoms with Gasteiger partial charge in [-0.2, -0.15) is 0 Å². The minimum Gasteiger partial charge on any atom is -0.497 e. The van der Waals surface area contributed by atoms with Gasteiger partial charge in [0.1, 0.15) is 11.8 Å². The van der Waals surface area contributed by atoms with Crippen molar-refractivity contribution >= 4 is 23.4 Å². The van der Waals surface area contributed by atoms with Gasteiger partial charge in [-0.3, -0.25) is 14.4 Å². The first-order valence-electron chi connectivity index (χ1n) is 9.47. The number of anilines is 1. The minimum absolute atomic E-state index is 0.0931. The predicted octanol–water partition coefficient (Wildman–Crippen LogP) is 3.26. The lowest BCUT2D eigenvalue weighted by Crippen LogP contribution is -2.45. The summed E-state index contributed by atoms with van der Waals surface area (Å²) in [5.74, 6) is -0.504. The first-order chi connectivity index (χ1) is 14.6. The molecule has 4 rings (SSSR count). The molecule has 1 aliphatic rings. The topological polar surface area (TPSA) is 80.1 Å². The number of hydrogen-bond donors (Lipinski definition) is 0. The molecule has 2 aromatic carbocycles. The van der Waals surface area contributed by atoms with Crippen LogP contribution in [0.3, 0.4) is 0 Å². The summed E-state index contributed by atoms with van der Waals surface area (Å²) in [7, 11) is 1.54. The van der Waals surface area contributed by atoms with Crippen LogP contribution in [0.5, 0.6) is 5.75 Å². The van der Waals surface area contributed by atoms with Crippen LogP contribution in [0.25, 0.3) is 0 Å². The van der Waals surface area contributed by atoms with Crippen LogP contribution >= 0.6 is 0 Å². The second-order valence-corrected chi connectivity index (χ2v) is 6.88. The number of methoxy groups -OCH3 is 1. The third-order valence-corrected chi connectivity index (χ3v) is 5.02. The van der Waals surface area contributed by atoms with Crippen molar-refractivity contribution in [2.75, 3.05) is 12.0 Å². The summed E-state index contributed by atoms with van der Waals surface area (Å²) >= 11 is 0. The molecule has 2 heterocycles. The van der Waals surface area contributed by atoms with Crippen molar-refractivity contribution in [3.63, 3.8) is 0 Å². The molecule has 3 aromatic rings. The molecule has 0 radical (unpaired) electrons. The molecule has 7 nitrogen and oxygen atoms in total. The van der Waals surface area contributed by atoms with E-state index in [1.165, 1.54) is 11.2 Å². The zero-order chi connectivity index (χ0) is 21.1. The highest BCUT2D eigenvalue weighted by atomic mass is 16.5. The van der Waals surface area contributed by atoms with E-state index in [4.69, 9.17) is 9.15 Å². The fourth-order valence-corrected chi connectivity index (χ4v) is 3.51. The highest BCUT2D eigenvalue weighted by Gasteiger charge is 2.45. The second-order valence-electron chi connectivity index (χ2n) is 6.88. The van der Waals surface area contributed by atoms with Crippen molar-refractivity contribution in [1.82, 2.24) is 4.90 Å². The molecule has 0 bridgehead atoms. The third-order valence-electron chi connectivity index (χ3n) is 5.02. The van der Waals surface area contributed by atoms with Crippen LogP contribution < -0.4 is 9.64 Å². The number of imide groups is 1. The van der Waals surface area contributed by atoms with Crippen LogP contribution in [0, 0.1) is 0 Å². The molecule has 1 aromatic heterocycles. The molecule has 3 amide bonds. The van der Waals surface area contributed by atoms with Crippen LogP contribution in [-0.4, -0.2) is 35.8 Å². The Kier molecular flexibility index (Phi) is 5.34. The summed E-state index contributed by atoms with van der Waals surface area (Å²) in [5.41, 5.74) is 1.29. The van der Waals surface area contributed by atoms with Crippen molar-refractivity contribution in [2.24, 2.45) is 0 Å². The summed E-state index contributed by atoms with van der Waals surface area (Å²) in [4.78, 5) is 41.6. The van der Waals surface area contributed by atoms with E-state index in [-0.39, 0.29) is 24.6 Å². The highest BCUT2D eigenvalue weighted by molar-refractivity contribution is 6.23. The fourth-order valence-electron chi connectivity index (χ4n) is 3.51. The van der Waals surface area contributed by atoms with Crippen LogP contribution in [0.4, 0.5) is 5.69 Å². The highest BCUT2D eigenvalue weighted by Crippen LogP contribution is 2.29. The lowest BCUT2D eigenvalue weighted by atomic mass is 10.1. The molecule has 0 N–H and O–H groups in total. The minimum atomic E-state index is -0.919. The molecule has 0 saturated carbocycles. The number of nitrogens with zero attached hydrogens (tertiary/aromatic N) is 2. The third kappa shape index (κ3) is 3.69. The van der Waals surface area contributed by atoms with E-state index in [1.807, 2.05) is 30.3 Å². The molecule has 1 fully saturated rings. The Morgan fingerprint density at radius 1 is 1.07 bits per heavy atom. The molecule has 1 atom stereocenters. The normalized spacial score (nSPS) is 16.0. The van der Waals surface area contributed by atoms with E-state index < -0.39 is 17.9 Å². The van der Waals surface area contributed by atoms with Gasteiger partial charge in [0.15, 0.2) is 5.76 Å². The monoisotopic (exact) mass is 404 g/mol. The first kappa shape index (κ1) is 19.4. The first-order valence-corrected chi connectivity index (χ1v) is 9.47. The molecule has 1 unspecified atom stereocenters. The number of hydrogen-bond acceptors (Lipinski definition) is 5. The van der Waals surface area contributed by atoms with Crippen LogP contribution in [0.15, 0.2) is 77.4 Å². The maximum absolute atomic E-state index is 13.2. The Bertz CT molecular complexity index is 1040. The Labute approximate surface area is 173 Å².